The van der Waals surface area contributed by atoms with Crippen molar-refractivity contribution in [1.82, 2.24) is 15.5 Å². The van der Waals surface area contributed by atoms with Crippen molar-refractivity contribution in [3.8, 4) is 0 Å². The van der Waals surface area contributed by atoms with Gasteiger partial charge >= 0.3 is 0 Å². The van der Waals surface area contributed by atoms with E-state index in [1.807, 2.05) is 12.1 Å². The van der Waals surface area contributed by atoms with Gasteiger partial charge in [0.1, 0.15) is 12.5 Å². The molecule has 0 bridgehead atoms. The molecule has 2 amide bonds. The Hall–Kier alpha value is -2.00. The van der Waals surface area contributed by atoms with Crippen molar-refractivity contribution in [2.45, 2.75) is 50.6 Å². The van der Waals surface area contributed by atoms with Gasteiger partial charge in [0.25, 0.3) is 11.8 Å². The number of hydrogen-bond acceptors (Lipinski definition) is 7. The third kappa shape index (κ3) is 3.15. The summed E-state index contributed by atoms with van der Waals surface area (Å²) in [7, 11) is 0. The van der Waals surface area contributed by atoms with E-state index < -0.39 is 18.5 Å². The zero-order valence-corrected chi connectivity index (χ0v) is 16.4. The second-order valence-corrected chi connectivity index (χ2v) is 8.90. The predicted octanol–water partition coefficient (Wildman–Crippen LogP) is 0.251. The zero-order valence-electron chi connectivity index (χ0n) is 16.4. The maximum absolute atomic E-state index is 13.1. The fourth-order valence-corrected chi connectivity index (χ4v) is 5.41. The van der Waals surface area contributed by atoms with Gasteiger partial charge in [-0.2, -0.15) is 0 Å². The van der Waals surface area contributed by atoms with E-state index >= 15 is 0 Å². The highest BCUT2D eigenvalue weighted by Gasteiger charge is 2.45. The van der Waals surface area contributed by atoms with Crippen molar-refractivity contribution in [3.05, 3.63) is 29.3 Å². The average molecular weight is 400 g/mol. The summed E-state index contributed by atoms with van der Waals surface area (Å²) in [5.74, 6) is -0.722. The Morgan fingerprint density at radius 3 is 2.52 bits per heavy atom. The minimum absolute atomic E-state index is 0.356. The van der Waals surface area contributed by atoms with Gasteiger partial charge in [0, 0.05) is 18.8 Å². The minimum atomic E-state index is -1.13. The molecular weight excluding hydrogens is 372 g/mol. The molecule has 3 atom stereocenters. The standard InChI is InChI=1S/C21H28N4O4/c26-17-4-3-16(18(27)23-17)25-19(28)14-2-1-13(11-15(14)20(25)29)24-10-7-21(12-24)5-8-22-9-6-21/h1-2,11,16-18,22-23,26-27H,3-10,12H2. The van der Waals surface area contributed by atoms with Crippen molar-refractivity contribution in [2.75, 3.05) is 31.1 Å². The summed E-state index contributed by atoms with van der Waals surface area (Å²) in [5.41, 5.74) is 2.15. The second-order valence-electron chi connectivity index (χ2n) is 8.90. The van der Waals surface area contributed by atoms with E-state index in [1.54, 1.807) is 6.07 Å². The monoisotopic (exact) mass is 400 g/mol. The predicted molar refractivity (Wildman–Crippen MR) is 106 cm³/mol. The van der Waals surface area contributed by atoms with Crippen molar-refractivity contribution >= 4 is 17.5 Å². The largest absolute Gasteiger partial charge is 0.379 e. The van der Waals surface area contributed by atoms with E-state index in [1.165, 1.54) is 12.8 Å². The highest BCUT2D eigenvalue weighted by molar-refractivity contribution is 6.22. The number of nitrogens with zero attached hydrogens (tertiary/aromatic N) is 2. The Kier molecular flexibility index (Phi) is 4.62. The van der Waals surface area contributed by atoms with Crippen LogP contribution >= 0.6 is 0 Å². The van der Waals surface area contributed by atoms with Gasteiger partial charge in [-0.3, -0.25) is 19.8 Å². The summed E-state index contributed by atoms with van der Waals surface area (Å²) < 4.78 is 0. The second kappa shape index (κ2) is 7.05. The highest BCUT2D eigenvalue weighted by Crippen LogP contribution is 2.41. The first-order valence-electron chi connectivity index (χ1n) is 10.6. The molecule has 5 rings (SSSR count). The van der Waals surface area contributed by atoms with Crippen molar-refractivity contribution in [3.63, 3.8) is 0 Å². The molecular formula is C21H28N4O4. The third-order valence-corrected chi connectivity index (χ3v) is 7.16. The number of amides is 2. The van der Waals surface area contributed by atoms with Crippen LogP contribution in [0.15, 0.2) is 18.2 Å². The first kappa shape index (κ1) is 19.0. The Morgan fingerprint density at radius 2 is 1.76 bits per heavy atom. The molecule has 3 fully saturated rings. The normalized spacial score (nSPS) is 31.6. The van der Waals surface area contributed by atoms with Crippen LogP contribution in [0.1, 0.15) is 52.8 Å². The number of nitrogens with one attached hydrogen (secondary N) is 2. The molecule has 4 aliphatic heterocycles. The number of piperidine rings is 2. The number of fused-ring (bicyclic) bond motifs is 1. The van der Waals surface area contributed by atoms with Crippen LogP contribution in [-0.4, -0.2) is 71.6 Å². The van der Waals surface area contributed by atoms with Crippen LogP contribution in [0.4, 0.5) is 5.69 Å². The van der Waals surface area contributed by atoms with Gasteiger partial charge in [-0.05, 0) is 68.8 Å². The van der Waals surface area contributed by atoms with E-state index in [2.05, 4.69) is 15.5 Å². The lowest BCUT2D eigenvalue weighted by Crippen LogP contribution is -2.58. The van der Waals surface area contributed by atoms with Crippen LogP contribution in [-0.2, 0) is 0 Å². The summed E-state index contributed by atoms with van der Waals surface area (Å²) in [5, 5.41) is 25.9. The van der Waals surface area contributed by atoms with Crippen LogP contribution in [0.2, 0.25) is 0 Å². The summed E-state index contributed by atoms with van der Waals surface area (Å²) in [6, 6.07) is 4.86. The van der Waals surface area contributed by atoms with E-state index in [9.17, 15) is 19.8 Å². The van der Waals surface area contributed by atoms with Crippen molar-refractivity contribution < 1.29 is 19.8 Å². The van der Waals surface area contributed by atoms with Crippen LogP contribution < -0.4 is 15.5 Å². The SMILES string of the molecule is O=C1c2ccc(N3CCC4(CCNCC4)C3)cc2C(=O)N1C1CCC(O)NC1O. The summed E-state index contributed by atoms with van der Waals surface area (Å²) >= 11 is 0. The fraction of sp³-hybridized carbons (Fsp3) is 0.619. The molecule has 1 spiro atoms. The number of carbonyl (C=O) groups is 2. The smallest absolute Gasteiger partial charge is 0.262 e. The maximum atomic E-state index is 13.1. The molecule has 0 aromatic heterocycles. The van der Waals surface area contributed by atoms with Gasteiger partial charge in [-0.1, -0.05) is 0 Å². The lowest BCUT2D eigenvalue weighted by atomic mass is 9.78. The Bertz CT molecular complexity index is 838. The number of rotatable bonds is 2. The number of aliphatic hydroxyl groups excluding tert-OH is 2. The van der Waals surface area contributed by atoms with E-state index in [-0.39, 0.29) is 11.8 Å². The molecule has 0 saturated carbocycles. The summed E-state index contributed by atoms with van der Waals surface area (Å²) in [6.45, 7) is 4.08. The van der Waals surface area contributed by atoms with Gasteiger partial charge in [0.2, 0.25) is 0 Å². The molecule has 4 N–H and O–H groups in total. The highest BCUT2D eigenvalue weighted by atomic mass is 16.3. The first-order valence-corrected chi connectivity index (χ1v) is 10.6. The molecule has 3 unspecified atom stereocenters. The molecule has 4 heterocycles. The number of imide groups is 1. The van der Waals surface area contributed by atoms with Crippen LogP contribution in [0.25, 0.3) is 0 Å². The number of anilines is 1. The average Bonchev–Trinajstić information content (AvgIpc) is 3.22. The molecule has 8 nitrogen and oxygen atoms in total. The summed E-state index contributed by atoms with van der Waals surface area (Å²) in [6.07, 6.45) is 2.32. The number of aliphatic hydroxyl groups is 2. The number of benzene rings is 1. The fourth-order valence-electron chi connectivity index (χ4n) is 5.41. The van der Waals surface area contributed by atoms with E-state index in [0.717, 1.165) is 43.2 Å². The quantitative estimate of drug-likeness (QED) is 0.528. The Labute approximate surface area is 169 Å². The molecule has 8 heteroatoms. The molecule has 0 aliphatic carbocycles. The molecule has 4 aliphatic rings. The number of carbonyl (C=O) groups excluding carboxylic acids is 2. The minimum Gasteiger partial charge on any atom is -0.379 e. The zero-order chi connectivity index (χ0) is 20.2. The summed E-state index contributed by atoms with van der Waals surface area (Å²) in [4.78, 5) is 29.5. The first-order chi connectivity index (χ1) is 14.0. The molecule has 3 saturated heterocycles. The number of hydrogen-bond donors (Lipinski definition) is 4. The third-order valence-electron chi connectivity index (χ3n) is 7.16. The molecule has 1 aromatic rings. The van der Waals surface area contributed by atoms with Gasteiger partial charge < -0.3 is 20.4 Å². The van der Waals surface area contributed by atoms with Gasteiger partial charge in [0.15, 0.2) is 0 Å². The van der Waals surface area contributed by atoms with Gasteiger partial charge in [-0.25, -0.2) is 0 Å². The Morgan fingerprint density at radius 1 is 1.00 bits per heavy atom. The van der Waals surface area contributed by atoms with Crippen LogP contribution in [0.5, 0.6) is 0 Å². The molecule has 0 radical (unpaired) electrons. The van der Waals surface area contributed by atoms with E-state index in [4.69, 9.17) is 0 Å². The van der Waals surface area contributed by atoms with Gasteiger partial charge in [-0.15, -0.1) is 0 Å². The van der Waals surface area contributed by atoms with Gasteiger partial charge in [0.05, 0.1) is 17.2 Å². The van der Waals surface area contributed by atoms with Crippen LogP contribution in [0.3, 0.4) is 0 Å². The lowest BCUT2D eigenvalue weighted by Gasteiger charge is -2.36. The molecule has 29 heavy (non-hydrogen) atoms. The van der Waals surface area contributed by atoms with Crippen molar-refractivity contribution in [1.29, 1.82) is 0 Å². The Balaban J connectivity index is 1.37. The topological polar surface area (TPSA) is 105 Å². The van der Waals surface area contributed by atoms with Crippen LogP contribution in [0, 0.1) is 5.41 Å². The maximum Gasteiger partial charge on any atom is 0.262 e. The van der Waals surface area contributed by atoms with E-state index in [0.29, 0.717) is 29.4 Å². The van der Waals surface area contributed by atoms with Crippen molar-refractivity contribution in [2.24, 2.45) is 5.41 Å². The molecule has 156 valence electrons. The lowest BCUT2D eigenvalue weighted by molar-refractivity contribution is -0.0413. The molecule has 1 aromatic carbocycles.